The van der Waals surface area contributed by atoms with Gasteiger partial charge in [0.25, 0.3) is 5.91 Å². The van der Waals surface area contributed by atoms with Gasteiger partial charge in [0.05, 0.1) is 0 Å². The van der Waals surface area contributed by atoms with Crippen molar-refractivity contribution < 1.29 is 4.79 Å². The van der Waals surface area contributed by atoms with E-state index < -0.39 is 0 Å². The molecule has 3 fully saturated rings. The van der Waals surface area contributed by atoms with Crippen LogP contribution >= 0.6 is 0 Å². The highest BCUT2D eigenvalue weighted by atomic mass is 16.1. The van der Waals surface area contributed by atoms with Gasteiger partial charge in [-0.25, -0.2) is 0 Å². The van der Waals surface area contributed by atoms with E-state index >= 15 is 0 Å². The number of rotatable bonds is 2. The van der Waals surface area contributed by atoms with Crippen LogP contribution in [0.1, 0.15) is 40.7 Å². The molecule has 0 spiro atoms. The Morgan fingerprint density at radius 3 is 2.76 bits per heavy atom. The highest BCUT2D eigenvalue weighted by Gasteiger charge is 2.65. The van der Waals surface area contributed by atoms with Crippen LogP contribution in [0, 0.1) is 23.7 Å². The van der Waals surface area contributed by atoms with Crippen LogP contribution < -0.4 is 10.6 Å². The van der Waals surface area contributed by atoms with E-state index in [0.717, 1.165) is 48.7 Å². The van der Waals surface area contributed by atoms with Gasteiger partial charge in [-0.3, -0.25) is 4.79 Å². The predicted octanol–water partition coefficient (Wildman–Crippen LogP) is 2.11. The van der Waals surface area contributed by atoms with Crippen molar-refractivity contribution in [1.29, 1.82) is 0 Å². The van der Waals surface area contributed by atoms with Gasteiger partial charge in [-0.2, -0.15) is 0 Å². The van der Waals surface area contributed by atoms with Crippen molar-refractivity contribution in [1.82, 2.24) is 10.6 Å². The van der Waals surface area contributed by atoms with Gasteiger partial charge in [0, 0.05) is 18.2 Å². The third-order valence-corrected chi connectivity index (χ3v) is 6.39. The molecule has 1 heterocycles. The third-order valence-electron chi connectivity index (χ3n) is 6.39. The molecule has 3 heteroatoms. The van der Waals surface area contributed by atoms with E-state index in [2.05, 4.69) is 22.8 Å². The number of benzene rings is 1. The van der Waals surface area contributed by atoms with Crippen LogP contribution in [0.2, 0.25) is 0 Å². The predicted molar refractivity (Wildman–Crippen MR) is 80.9 cm³/mol. The summed E-state index contributed by atoms with van der Waals surface area (Å²) in [5.41, 5.74) is 3.53. The van der Waals surface area contributed by atoms with Gasteiger partial charge in [0.2, 0.25) is 0 Å². The van der Waals surface area contributed by atoms with Crippen molar-refractivity contribution in [2.75, 3.05) is 6.54 Å². The Hall–Kier alpha value is -1.35. The first-order valence-electron chi connectivity index (χ1n) is 8.44. The largest absolute Gasteiger partial charge is 0.349 e. The van der Waals surface area contributed by atoms with Crippen LogP contribution in [-0.4, -0.2) is 18.5 Å². The summed E-state index contributed by atoms with van der Waals surface area (Å²) in [5.74, 6) is 3.59. The molecule has 2 N–H and O–H groups in total. The Morgan fingerprint density at radius 2 is 1.95 bits per heavy atom. The first kappa shape index (κ1) is 12.2. The maximum atomic E-state index is 12.5. The average Bonchev–Trinajstić information content (AvgIpc) is 2.91. The second-order valence-corrected chi connectivity index (χ2v) is 7.40. The lowest BCUT2D eigenvalue weighted by molar-refractivity contribution is 0.0944. The molecular formula is C18H22N2O. The van der Waals surface area contributed by atoms with Gasteiger partial charge >= 0.3 is 0 Å². The van der Waals surface area contributed by atoms with Gasteiger partial charge < -0.3 is 10.6 Å². The van der Waals surface area contributed by atoms with E-state index in [1.54, 1.807) is 0 Å². The summed E-state index contributed by atoms with van der Waals surface area (Å²) in [4.78, 5) is 12.5. The molecule has 21 heavy (non-hydrogen) atoms. The van der Waals surface area contributed by atoms with Crippen molar-refractivity contribution in [3.63, 3.8) is 0 Å². The van der Waals surface area contributed by atoms with E-state index in [1.165, 1.54) is 30.4 Å². The van der Waals surface area contributed by atoms with Crippen molar-refractivity contribution in [3.8, 4) is 0 Å². The molecule has 0 aromatic heterocycles. The molecule has 1 aromatic rings. The van der Waals surface area contributed by atoms with Crippen LogP contribution in [0.15, 0.2) is 18.2 Å². The molecule has 1 amide bonds. The van der Waals surface area contributed by atoms with Crippen LogP contribution in [-0.2, 0) is 13.0 Å². The number of amides is 1. The van der Waals surface area contributed by atoms with Gasteiger partial charge in [-0.15, -0.1) is 0 Å². The van der Waals surface area contributed by atoms with Crippen LogP contribution in [0.3, 0.4) is 0 Å². The lowest BCUT2D eigenvalue weighted by atomic mass is 9.98. The molecule has 0 radical (unpaired) electrons. The van der Waals surface area contributed by atoms with Gasteiger partial charge in [0.15, 0.2) is 0 Å². The van der Waals surface area contributed by atoms with Crippen LogP contribution in [0.5, 0.6) is 0 Å². The van der Waals surface area contributed by atoms with Gasteiger partial charge in [-0.05, 0) is 79.2 Å². The second-order valence-electron chi connectivity index (χ2n) is 7.40. The lowest BCUT2D eigenvalue weighted by Gasteiger charge is -2.18. The fourth-order valence-corrected chi connectivity index (χ4v) is 5.37. The summed E-state index contributed by atoms with van der Waals surface area (Å²) in [6.07, 6.45) is 5.32. The molecule has 0 saturated heterocycles. The molecule has 4 atom stereocenters. The third kappa shape index (κ3) is 1.80. The van der Waals surface area contributed by atoms with Crippen LogP contribution in [0.25, 0.3) is 0 Å². The summed E-state index contributed by atoms with van der Waals surface area (Å²) < 4.78 is 0. The Balaban J connectivity index is 1.31. The lowest BCUT2D eigenvalue weighted by Crippen LogP contribution is -2.30. The molecule has 1 aliphatic heterocycles. The van der Waals surface area contributed by atoms with Crippen LogP contribution in [0.4, 0.5) is 0 Å². The summed E-state index contributed by atoms with van der Waals surface area (Å²) in [5, 5.41) is 6.70. The number of hydrogen-bond donors (Lipinski definition) is 2. The standard InChI is InChI=1S/C18H22N2O/c21-18(13-4-1-10-5-6-19-9-14(10)8-13)20-17-15-11-2-3-12(7-11)16(15)17/h1,4,8,11-12,15-17,19H,2-3,5-7,9H2,(H,20,21). The molecule has 5 rings (SSSR count). The molecule has 4 unspecified atom stereocenters. The fourth-order valence-electron chi connectivity index (χ4n) is 5.37. The Morgan fingerprint density at radius 1 is 1.14 bits per heavy atom. The van der Waals surface area contributed by atoms with Gasteiger partial charge in [0.1, 0.15) is 0 Å². The number of hydrogen-bond acceptors (Lipinski definition) is 2. The second kappa shape index (κ2) is 4.33. The fraction of sp³-hybridized carbons (Fsp3) is 0.611. The molecule has 3 aliphatic carbocycles. The first-order chi connectivity index (χ1) is 10.3. The molecule has 4 aliphatic rings. The number of nitrogens with one attached hydrogen (secondary N) is 2. The summed E-state index contributed by atoms with van der Waals surface area (Å²) in [6.45, 7) is 1.95. The zero-order valence-corrected chi connectivity index (χ0v) is 12.3. The highest BCUT2D eigenvalue weighted by molar-refractivity contribution is 5.95. The minimum Gasteiger partial charge on any atom is -0.349 e. The van der Waals surface area contributed by atoms with Crippen molar-refractivity contribution in [2.45, 2.75) is 38.3 Å². The summed E-state index contributed by atoms with van der Waals surface area (Å²) in [7, 11) is 0. The zero-order valence-electron chi connectivity index (χ0n) is 12.3. The quantitative estimate of drug-likeness (QED) is 0.872. The Bertz CT molecular complexity index is 595. The maximum absolute atomic E-state index is 12.5. The van der Waals surface area contributed by atoms with Crippen molar-refractivity contribution in [3.05, 3.63) is 34.9 Å². The van der Waals surface area contributed by atoms with E-state index in [1.807, 2.05) is 6.07 Å². The molecule has 1 aromatic carbocycles. The number of carbonyl (C=O) groups excluding carboxylic acids is 1. The SMILES string of the molecule is O=C(NC1C2C3CCC(C3)C12)c1ccc2c(c1)CNCC2. The minimum atomic E-state index is 0.141. The maximum Gasteiger partial charge on any atom is 0.251 e. The smallest absolute Gasteiger partial charge is 0.251 e. The topological polar surface area (TPSA) is 41.1 Å². The molecule has 3 saturated carbocycles. The van der Waals surface area contributed by atoms with E-state index in [0.29, 0.717) is 6.04 Å². The van der Waals surface area contributed by atoms with E-state index in [4.69, 9.17) is 0 Å². The highest BCUT2D eigenvalue weighted by Crippen LogP contribution is 2.65. The Labute approximate surface area is 125 Å². The Kier molecular flexibility index (Phi) is 2.52. The monoisotopic (exact) mass is 282 g/mol. The van der Waals surface area contributed by atoms with Crippen molar-refractivity contribution in [2.24, 2.45) is 23.7 Å². The zero-order chi connectivity index (χ0) is 14.0. The van der Waals surface area contributed by atoms with Crippen molar-refractivity contribution >= 4 is 5.91 Å². The molecular weight excluding hydrogens is 260 g/mol. The number of carbonyl (C=O) groups is 1. The minimum absolute atomic E-state index is 0.141. The van der Waals surface area contributed by atoms with E-state index in [9.17, 15) is 4.79 Å². The summed E-state index contributed by atoms with van der Waals surface area (Å²) >= 11 is 0. The molecule has 2 bridgehead atoms. The normalized spacial score (nSPS) is 38.8. The first-order valence-corrected chi connectivity index (χ1v) is 8.44. The average molecular weight is 282 g/mol. The van der Waals surface area contributed by atoms with E-state index in [-0.39, 0.29) is 5.91 Å². The van der Waals surface area contributed by atoms with Gasteiger partial charge in [-0.1, -0.05) is 6.07 Å². The molecule has 110 valence electrons. The summed E-state index contributed by atoms with van der Waals surface area (Å²) in [6, 6.07) is 6.72. The molecule has 3 nitrogen and oxygen atoms in total. The number of fused-ring (bicyclic) bond motifs is 6.